The van der Waals surface area contributed by atoms with Gasteiger partial charge in [0, 0.05) is 29.4 Å². The lowest BCUT2D eigenvalue weighted by Crippen LogP contribution is -2.18. The molecule has 1 heterocycles. The Morgan fingerprint density at radius 3 is 2.29 bits per heavy atom. The van der Waals surface area contributed by atoms with Gasteiger partial charge in [0.25, 0.3) is 0 Å². The van der Waals surface area contributed by atoms with Gasteiger partial charge in [0.15, 0.2) is 17.3 Å². The molecular formula is C33H34N2O5S. The highest BCUT2D eigenvalue weighted by atomic mass is 32.2. The van der Waals surface area contributed by atoms with Crippen molar-refractivity contribution >= 4 is 15.8 Å². The summed E-state index contributed by atoms with van der Waals surface area (Å²) in [4.78, 5) is 17.4. The largest absolute Gasteiger partial charge is 0.493 e. The summed E-state index contributed by atoms with van der Waals surface area (Å²) in [6, 6.07) is 22.2. The monoisotopic (exact) mass is 570 g/mol. The first-order chi connectivity index (χ1) is 19.7. The van der Waals surface area contributed by atoms with Crippen molar-refractivity contribution in [3.63, 3.8) is 0 Å². The summed E-state index contributed by atoms with van der Waals surface area (Å²) < 4.78 is 36.5. The van der Waals surface area contributed by atoms with Crippen molar-refractivity contribution in [1.82, 2.24) is 4.98 Å². The predicted molar refractivity (Wildman–Crippen MR) is 158 cm³/mol. The van der Waals surface area contributed by atoms with Crippen LogP contribution in [0.3, 0.4) is 0 Å². The van der Waals surface area contributed by atoms with E-state index in [-0.39, 0.29) is 22.5 Å². The molecule has 0 radical (unpaired) electrons. The summed E-state index contributed by atoms with van der Waals surface area (Å²) >= 11 is 0. The molecule has 1 aliphatic carbocycles. The standard InChI is InChI=1S/C33H34N2O5S/c1-22-6-5-9-28(33(22)41(34,37)38)32(36)25-12-10-24(11-13-25)29(20-23-16-18-35-19-17-23)26-14-15-30(39-2)31(21-26)40-27-7-3-4-8-27/h5-6,9-19,21,27,29H,3-4,7-8,20H2,1-2H3,(H2,34,37,38)/t29-/m1/s1. The number of primary sulfonamides is 1. The minimum atomic E-state index is -4.08. The van der Waals surface area contributed by atoms with Crippen LogP contribution in [0.1, 0.15) is 69.8 Å². The van der Waals surface area contributed by atoms with E-state index >= 15 is 0 Å². The van der Waals surface area contributed by atoms with E-state index in [1.54, 1.807) is 50.7 Å². The molecule has 2 N–H and O–H groups in total. The fourth-order valence-corrected chi connectivity index (χ4v) is 6.59. The van der Waals surface area contributed by atoms with Gasteiger partial charge in [-0.25, -0.2) is 13.6 Å². The average molecular weight is 571 g/mol. The normalized spacial score (nSPS) is 14.5. The van der Waals surface area contributed by atoms with Crippen LogP contribution in [0.15, 0.2) is 90.1 Å². The zero-order chi connectivity index (χ0) is 29.0. The highest BCUT2D eigenvalue weighted by molar-refractivity contribution is 7.89. The van der Waals surface area contributed by atoms with Crippen molar-refractivity contribution in [1.29, 1.82) is 0 Å². The Morgan fingerprint density at radius 1 is 0.951 bits per heavy atom. The molecule has 7 nitrogen and oxygen atoms in total. The molecule has 0 spiro atoms. The third-order valence-electron chi connectivity index (χ3n) is 7.69. The van der Waals surface area contributed by atoms with Crippen molar-refractivity contribution in [2.75, 3.05) is 7.11 Å². The number of nitrogens with two attached hydrogens (primary N) is 1. The van der Waals surface area contributed by atoms with E-state index < -0.39 is 15.8 Å². The van der Waals surface area contributed by atoms with Crippen LogP contribution in [0, 0.1) is 6.92 Å². The van der Waals surface area contributed by atoms with Gasteiger partial charge in [-0.1, -0.05) is 42.5 Å². The maximum atomic E-state index is 13.4. The number of carbonyl (C=O) groups is 1. The fourth-order valence-electron chi connectivity index (χ4n) is 5.60. The molecule has 5 rings (SSSR count). The summed E-state index contributed by atoms with van der Waals surface area (Å²) in [7, 11) is -2.43. The number of pyridine rings is 1. The van der Waals surface area contributed by atoms with Gasteiger partial charge < -0.3 is 9.47 Å². The van der Waals surface area contributed by atoms with Gasteiger partial charge in [-0.3, -0.25) is 9.78 Å². The number of carbonyl (C=O) groups excluding carboxylic acids is 1. The quantitative estimate of drug-likeness (QED) is 0.235. The highest BCUT2D eigenvalue weighted by Gasteiger charge is 2.24. The van der Waals surface area contributed by atoms with E-state index in [1.165, 1.54) is 18.9 Å². The number of aromatic nitrogens is 1. The number of ether oxygens (including phenoxy) is 2. The Bertz CT molecular complexity index is 1630. The molecule has 3 aromatic carbocycles. The molecule has 41 heavy (non-hydrogen) atoms. The molecule has 1 saturated carbocycles. The SMILES string of the molecule is COc1ccc([C@H](Cc2ccncc2)c2ccc(C(=O)c3cccc(C)c3S(N)(=O)=O)cc2)cc1OC1CCCC1. The number of nitrogens with zero attached hydrogens (tertiary/aromatic N) is 1. The number of ketones is 1. The molecule has 0 bridgehead atoms. The van der Waals surface area contributed by atoms with Crippen LogP contribution in [-0.2, 0) is 16.4 Å². The lowest BCUT2D eigenvalue weighted by Gasteiger charge is -2.22. The molecule has 4 aromatic rings. The molecule has 0 saturated heterocycles. The summed E-state index contributed by atoms with van der Waals surface area (Å²) in [5, 5.41) is 5.46. The molecule has 0 amide bonds. The number of rotatable bonds is 10. The third-order valence-corrected chi connectivity index (χ3v) is 8.80. The second-order valence-electron chi connectivity index (χ2n) is 10.5. The predicted octanol–water partition coefficient (Wildman–Crippen LogP) is 5.97. The maximum Gasteiger partial charge on any atom is 0.239 e. The molecule has 0 unspecified atom stereocenters. The van der Waals surface area contributed by atoms with Crippen LogP contribution >= 0.6 is 0 Å². The topological polar surface area (TPSA) is 109 Å². The zero-order valence-corrected chi connectivity index (χ0v) is 24.1. The molecule has 1 aliphatic rings. The number of sulfonamides is 1. The number of benzene rings is 3. The Labute approximate surface area is 241 Å². The van der Waals surface area contributed by atoms with E-state index in [4.69, 9.17) is 14.6 Å². The van der Waals surface area contributed by atoms with Crippen LogP contribution in [0.25, 0.3) is 0 Å². The van der Waals surface area contributed by atoms with Gasteiger partial charge in [-0.2, -0.15) is 0 Å². The third kappa shape index (κ3) is 6.50. The lowest BCUT2D eigenvalue weighted by atomic mass is 9.85. The molecular weight excluding hydrogens is 536 g/mol. The van der Waals surface area contributed by atoms with Gasteiger partial charge in [-0.05, 0) is 91.6 Å². The number of hydrogen-bond donors (Lipinski definition) is 1. The lowest BCUT2D eigenvalue weighted by molar-refractivity contribution is 0.103. The first-order valence-electron chi connectivity index (χ1n) is 13.7. The minimum absolute atomic E-state index is 0.0441. The van der Waals surface area contributed by atoms with E-state index in [9.17, 15) is 13.2 Å². The Morgan fingerprint density at radius 2 is 1.63 bits per heavy atom. The first-order valence-corrected chi connectivity index (χ1v) is 15.3. The van der Waals surface area contributed by atoms with Crippen molar-refractivity contribution < 1.29 is 22.7 Å². The fraction of sp³-hybridized carbons (Fsp3) is 0.273. The Balaban J connectivity index is 1.51. The number of aryl methyl sites for hydroxylation is 1. The van der Waals surface area contributed by atoms with Crippen molar-refractivity contribution in [3.8, 4) is 11.5 Å². The summed E-state index contributed by atoms with van der Waals surface area (Å²) in [6.45, 7) is 1.63. The van der Waals surface area contributed by atoms with Gasteiger partial charge in [-0.15, -0.1) is 0 Å². The van der Waals surface area contributed by atoms with Crippen LogP contribution in [-0.4, -0.2) is 32.4 Å². The van der Waals surface area contributed by atoms with Crippen molar-refractivity contribution in [3.05, 3.63) is 119 Å². The van der Waals surface area contributed by atoms with Crippen LogP contribution in [0.4, 0.5) is 0 Å². The zero-order valence-electron chi connectivity index (χ0n) is 23.2. The molecule has 212 valence electrons. The summed E-state index contributed by atoms with van der Waals surface area (Å²) in [5.74, 6) is 0.996. The maximum absolute atomic E-state index is 13.4. The summed E-state index contributed by atoms with van der Waals surface area (Å²) in [6.07, 6.45) is 8.87. The van der Waals surface area contributed by atoms with Crippen molar-refractivity contribution in [2.45, 2.75) is 55.9 Å². The Hall–Kier alpha value is -4.01. The molecule has 1 fully saturated rings. The number of methoxy groups -OCH3 is 1. The van der Waals surface area contributed by atoms with Crippen molar-refractivity contribution in [2.24, 2.45) is 5.14 Å². The second-order valence-corrected chi connectivity index (χ2v) is 12.0. The molecule has 1 atom stereocenters. The van der Waals surface area contributed by atoms with E-state index in [0.29, 0.717) is 23.3 Å². The van der Waals surface area contributed by atoms with Gasteiger partial charge in [0.05, 0.1) is 18.1 Å². The van der Waals surface area contributed by atoms with Crippen LogP contribution in [0.2, 0.25) is 0 Å². The average Bonchev–Trinajstić information content (AvgIpc) is 3.48. The van der Waals surface area contributed by atoms with E-state index in [1.807, 2.05) is 30.3 Å². The first kappa shape index (κ1) is 28.5. The minimum Gasteiger partial charge on any atom is -0.493 e. The molecule has 1 aromatic heterocycles. The van der Waals surface area contributed by atoms with Gasteiger partial charge in [0.1, 0.15) is 0 Å². The number of hydrogen-bond acceptors (Lipinski definition) is 6. The Kier molecular flexibility index (Phi) is 8.52. The second kappa shape index (κ2) is 12.2. The summed E-state index contributed by atoms with van der Waals surface area (Å²) in [5.41, 5.74) is 4.07. The van der Waals surface area contributed by atoms with Gasteiger partial charge >= 0.3 is 0 Å². The van der Waals surface area contributed by atoms with Gasteiger partial charge in [0.2, 0.25) is 10.0 Å². The van der Waals surface area contributed by atoms with Crippen LogP contribution < -0.4 is 14.6 Å². The molecule has 8 heteroatoms. The van der Waals surface area contributed by atoms with E-state index in [0.717, 1.165) is 35.3 Å². The van der Waals surface area contributed by atoms with Crippen LogP contribution in [0.5, 0.6) is 11.5 Å². The molecule has 0 aliphatic heterocycles. The van der Waals surface area contributed by atoms with E-state index in [2.05, 4.69) is 17.1 Å². The smallest absolute Gasteiger partial charge is 0.239 e. The highest BCUT2D eigenvalue weighted by Crippen LogP contribution is 2.37.